The van der Waals surface area contributed by atoms with Crippen molar-refractivity contribution in [2.75, 3.05) is 7.11 Å². The van der Waals surface area contributed by atoms with Crippen LogP contribution in [0, 0.1) is 11.8 Å². The summed E-state index contributed by atoms with van der Waals surface area (Å²) in [4.78, 5) is 0. The molecule has 1 saturated heterocycles. The lowest BCUT2D eigenvalue weighted by molar-refractivity contribution is -0.209. The number of hydrogen-bond donors (Lipinski definition) is 0. The Bertz CT molecular complexity index is 136. The Morgan fingerprint density at radius 3 is 2.58 bits per heavy atom. The summed E-state index contributed by atoms with van der Waals surface area (Å²) in [5, 5.41) is 0. The molecule has 72 valence electrons. The third-order valence-electron chi connectivity index (χ3n) is 3.04. The molecule has 1 fully saturated rings. The van der Waals surface area contributed by atoms with Crippen molar-refractivity contribution in [3.8, 4) is 0 Å². The van der Waals surface area contributed by atoms with E-state index in [0.717, 1.165) is 12.8 Å². The summed E-state index contributed by atoms with van der Waals surface area (Å²) in [5.74, 6) is 1.38. The van der Waals surface area contributed by atoms with Crippen molar-refractivity contribution in [3.63, 3.8) is 0 Å². The van der Waals surface area contributed by atoms with Gasteiger partial charge in [0.2, 0.25) is 0 Å². The lowest BCUT2D eigenvalue weighted by Gasteiger charge is -2.38. The molecule has 2 nitrogen and oxygen atoms in total. The normalized spacial score (nSPS) is 43.0. The molecule has 0 aromatic rings. The molecule has 0 aromatic carbocycles. The molecule has 1 rings (SSSR count). The molecule has 1 aliphatic rings. The van der Waals surface area contributed by atoms with Gasteiger partial charge < -0.3 is 9.47 Å². The van der Waals surface area contributed by atoms with Gasteiger partial charge in [-0.25, -0.2) is 0 Å². The fraction of sp³-hybridized carbons (Fsp3) is 1.00. The smallest absolute Gasteiger partial charge is 0.157 e. The van der Waals surface area contributed by atoms with Gasteiger partial charge in [-0.3, -0.25) is 0 Å². The molecule has 1 heterocycles. The van der Waals surface area contributed by atoms with Gasteiger partial charge in [-0.1, -0.05) is 20.8 Å². The van der Waals surface area contributed by atoms with Crippen molar-refractivity contribution in [1.82, 2.24) is 0 Å². The average Bonchev–Trinajstić information content (AvgIpc) is 2.09. The Hall–Kier alpha value is -0.0800. The summed E-state index contributed by atoms with van der Waals surface area (Å²) in [5.41, 5.74) is 0. The Balaban J connectivity index is 2.52. The molecule has 0 saturated carbocycles. The molecule has 4 atom stereocenters. The van der Waals surface area contributed by atoms with Crippen LogP contribution in [-0.4, -0.2) is 19.5 Å². The molecule has 1 unspecified atom stereocenters. The van der Waals surface area contributed by atoms with E-state index in [1.165, 1.54) is 0 Å². The van der Waals surface area contributed by atoms with E-state index in [2.05, 4.69) is 20.8 Å². The second-order valence-corrected chi connectivity index (χ2v) is 3.82. The van der Waals surface area contributed by atoms with Crippen LogP contribution in [0.4, 0.5) is 0 Å². The second kappa shape index (κ2) is 4.24. The summed E-state index contributed by atoms with van der Waals surface area (Å²) in [6.07, 6.45) is 2.54. The van der Waals surface area contributed by atoms with Gasteiger partial charge in [0.15, 0.2) is 6.29 Å². The zero-order valence-corrected chi connectivity index (χ0v) is 8.54. The van der Waals surface area contributed by atoms with E-state index in [4.69, 9.17) is 9.47 Å². The van der Waals surface area contributed by atoms with Crippen molar-refractivity contribution in [2.24, 2.45) is 11.8 Å². The number of rotatable bonds is 2. The topological polar surface area (TPSA) is 18.5 Å². The van der Waals surface area contributed by atoms with Gasteiger partial charge in [-0.15, -0.1) is 0 Å². The minimum atomic E-state index is 0.0288. The highest BCUT2D eigenvalue weighted by molar-refractivity contribution is 4.76. The molecule has 0 amide bonds. The third kappa shape index (κ3) is 1.99. The first-order chi connectivity index (χ1) is 5.69. The van der Waals surface area contributed by atoms with E-state index in [9.17, 15) is 0 Å². The van der Waals surface area contributed by atoms with E-state index in [0.29, 0.717) is 17.9 Å². The Morgan fingerprint density at radius 1 is 1.42 bits per heavy atom. The largest absolute Gasteiger partial charge is 0.356 e. The van der Waals surface area contributed by atoms with Gasteiger partial charge >= 0.3 is 0 Å². The molecule has 12 heavy (non-hydrogen) atoms. The van der Waals surface area contributed by atoms with Crippen LogP contribution >= 0.6 is 0 Å². The molecule has 0 spiro atoms. The standard InChI is InChI=1S/C10H20O2/c1-5-9-8(3)7(2)6-10(11-4)12-9/h7-10H,5-6H2,1-4H3/t7-,8+,9?,10-/m1/s1. The molecular weight excluding hydrogens is 152 g/mol. The molecular formula is C10H20O2. The highest BCUT2D eigenvalue weighted by atomic mass is 16.7. The number of hydrogen-bond acceptors (Lipinski definition) is 2. The van der Waals surface area contributed by atoms with E-state index < -0.39 is 0 Å². The van der Waals surface area contributed by atoms with Crippen LogP contribution in [-0.2, 0) is 9.47 Å². The first kappa shape index (κ1) is 10.0. The van der Waals surface area contributed by atoms with Gasteiger partial charge in [-0.05, 0) is 18.3 Å². The monoisotopic (exact) mass is 172 g/mol. The first-order valence-corrected chi connectivity index (χ1v) is 4.87. The van der Waals surface area contributed by atoms with Gasteiger partial charge in [-0.2, -0.15) is 0 Å². The molecule has 0 N–H and O–H groups in total. The quantitative estimate of drug-likeness (QED) is 0.637. The van der Waals surface area contributed by atoms with E-state index >= 15 is 0 Å². The second-order valence-electron chi connectivity index (χ2n) is 3.82. The fourth-order valence-corrected chi connectivity index (χ4v) is 1.88. The van der Waals surface area contributed by atoms with Crippen molar-refractivity contribution < 1.29 is 9.47 Å². The van der Waals surface area contributed by atoms with Crippen LogP contribution in [0.25, 0.3) is 0 Å². The molecule has 0 aliphatic carbocycles. The maximum atomic E-state index is 5.75. The van der Waals surface area contributed by atoms with Crippen molar-refractivity contribution in [2.45, 2.75) is 46.0 Å². The minimum absolute atomic E-state index is 0.0288. The van der Waals surface area contributed by atoms with E-state index in [1.807, 2.05) is 0 Å². The zero-order chi connectivity index (χ0) is 9.14. The third-order valence-corrected chi connectivity index (χ3v) is 3.04. The summed E-state index contributed by atoms with van der Waals surface area (Å²) in [6.45, 7) is 6.72. The number of ether oxygens (including phenoxy) is 2. The van der Waals surface area contributed by atoms with Gasteiger partial charge in [0.1, 0.15) is 0 Å². The summed E-state index contributed by atoms with van der Waals surface area (Å²) < 4.78 is 11.0. The highest BCUT2D eigenvalue weighted by Gasteiger charge is 2.32. The zero-order valence-electron chi connectivity index (χ0n) is 8.54. The fourth-order valence-electron chi connectivity index (χ4n) is 1.88. The molecule has 2 heteroatoms. The molecule has 0 aromatic heterocycles. The predicted octanol–water partition coefficient (Wildman–Crippen LogP) is 2.43. The Kier molecular flexibility index (Phi) is 3.53. The van der Waals surface area contributed by atoms with Crippen LogP contribution in [0.3, 0.4) is 0 Å². The lowest BCUT2D eigenvalue weighted by Crippen LogP contribution is -2.39. The maximum Gasteiger partial charge on any atom is 0.157 e. The molecule has 0 bridgehead atoms. The highest BCUT2D eigenvalue weighted by Crippen LogP contribution is 2.31. The Morgan fingerprint density at radius 2 is 2.08 bits per heavy atom. The average molecular weight is 172 g/mol. The summed E-state index contributed by atoms with van der Waals surface area (Å²) in [7, 11) is 1.72. The number of methoxy groups -OCH3 is 1. The Labute approximate surface area is 75.2 Å². The van der Waals surface area contributed by atoms with Crippen LogP contribution in [0.1, 0.15) is 33.6 Å². The lowest BCUT2D eigenvalue weighted by atomic mass is 9.84. The summed E-state index contributed by atoms with van der Waals surface area (Å²) in [6, 6.07) is 0. The van der Waals surface area contributed by atoms with Crippen LogP contribution in [0.5, 0.6) is 0 Å². The molecule has 1 aliphatic heterocycles. The van der Waals surface area contributed by atoms with Gasteiger partial charge in [0.05, 0.1) is 6.10 Å². The van der Waals surface area contributed by atoms with E-state index in [-0.39, 0.29) is 6.29 Å². The van der Waals surface area contributed by atoms with E-state index in [1.54, 1.807) is 7.11 Å². The minimum Gasteiger partial charge on any atom is -0.356 e. The molecule has 0 radical (unpaired) electrons. The van der Waals surface area contributed by atoms with Crippen LogP contribution in [0.2, 0.25) is 0 Å². The first-order valence-electron chi connectivity index (χ1n) is 4.87. The predicted molar refractivity (Wildman–Crippen MR) is 48.9 cm³/mol. The van der Waals surface area contributed by atoms with Crippen molar-refractivity contribution in [3.05, 3.63) is 0 Å². The van der Waals surface area contributed by atoms with Crippen LogP contribution < -0.4 is 0 Å². The summed E-state index contributed by atoms with van der Waals surface area (Å²) >= 11 is 0. The van der Waals surface area contributed by atoms with Crippen molar-refractivity contribution >= 4 is 0 Å². The SMILES string of the molecule is CCC1O[C@@H](OC)C[C@@H](C)[C@@H]1C. The van der Waals surface area contributed by atoms with Gasteiger partial charge in [0, 0.05) is 13.5 Å². The maximum absolute atomic E-state index is 5.75. The van der Waals surface area contributed by atoms with Crippen LogP contribution in [0.15, 0.2) is 0 Å². The van der Waals surface area contributed by atoms with Gasteiger partial charge in [0.25, 0.3) is 0 Å². The van der Waals surface area contributed by atoms with Crippen molar-refractivity contribution in [1.29, 1.82) is 0 Å².